The molecule has 1 heterocycles. The fraction of sp³-hybridized carbons (Fsp3) is 0. The van der Waals surface area contributed by atoms with Gasteiger partial charge in [0.15, 0.2) is 0 Å². The molecule has 0 aliphatic carbocycles. The second kappa shape index (κ2) is 5.13. The van der Waals surface area contributed by atoms with E-state index >= 15 is 0 Å². The summed E-state index contributed by atoms with van der Waals surface area (Å²) >= 11 is 0. The van der Waals surface area contributed by atoms with Crippen molar-refractivity contribution in [1.82, 2.24) is 4.98 Å². The normalized spacial score (nSPS) is 9.89. The van der Waals surface area contributed by atoms with Crippen molar-refractivity contribution in [3.8, 4) is 0 Å². The van der Waals surface area contributed by atoms with Gasteiger partial charge in [0.2, 0.25) is 0 Å². The van der Waals surface area contributed by atoms with Gasteiger partial charge in [-0.3, -0.25) is 14.9 Å². The number of anilines is 2. The van der Waals surface area contributed by atoms with Crippen LogP contribution >= 0.6 is 0 Å². The molecule has 0 aliphatic heterocycles. The molecule has 96 valence electrons. The fourth-order valence-corrected chi connectivity index (χ4v) is 1.43. The van der Waals surface area contributed by atoms with Crippen molar-refractivity contribution in [1.29, 1.82) is 0 Å². The maximum atomic E-state index is 11.9. The molecule has 0 atom stereocenters. The average molecular weight is 258 g/mol. The number of amides is 1. The molecule has 19 heavy (non-hydrogen) atoms. The van der Waals surface area contributed by atoms with Gasteiger partial charge in [0.25, 0.3) is 11.6 Å². The number of nitrogen functional groups attached to an aromatic ring is 1. The second-order valence-electron chi connectivity index (χ2n) is 3.74. The van der Waals surface area contributed by atoms with Gasteiger partial charge in [-0.15, -0.1) is 0 Å². The standard InChI is InChI=1S/C12H10N4O3/c13-9-4-5-11(14-7-9)15-12(17)8-2-1-3-10(6-8)16(18)19/h1-7H,13H2,(H,14,15,17). The molecule has 2 aromatic rings. The first-order valence-corrected chi connectivity index (χ1v) is 5.33. The van der Waals surface area contributed by atoms with E-state index in [0.29, 0.717) is 11.5 Å². The first kappa shape index (κ1) is 12.5. The number of aromatic nitrogens is 1. The van der Waals surface area contributed by atoms with E-state index < -0.39 is 10.8 Å². The minimum Gasteiger partial charge on any atom is -0.397 e. The molecule has 7 heteroatoms. The number of carbonyl (C=O) groups is 1. The maximum Gasteiger partial charge on any atom is 0.270 e. The number of hydrogen-bond donors (Lipinski definition) is 2. The summed E-state index contributed by atoms with van der Waals surface area (Å²) in [6.07, 6.45) is 1.41. The molecule has 0 unspecified atom stereocenters. The van der Waals surface area contributed by atoms with Gasteiger partial charge >= 0.3 is 0 Å². The third-order valence-electron chi connectivity index (χ3n) is 2.35. The van der Waals surface area contributed by atoms with Gasteiger partial charge in [-0.1, -0.05) is 6.07 Å². The van der Waals surface area contributed by atoms with Gasteiger partial charge in [0.1, 0.15) is 5.82 Å². The van der Waals surface area contributed by atoms with Crippen LogP contribution in [-0.2, 0) is 0 Å². The van der Waals surface area contributed by atoms with Gasteiger partial charge in [-0.25, -0.2) is 4.98 Å². The van der Waals surface area contributed by atoms with Crippen LogP contribution in [0.5, 0.6) is 0 Å². The lowest BCUT2D eigenvalue weighted by atomic mass is 10.2. The molecule has 1 aromatic heterocycles. The zero-order chi connectivity index (χ0) is 13.8. The van der Waals surface area contributed by atoms with Crippen molar-refractivity contribution >= 4 is 23.1 Å². The summed E-state index contributed by atoms with van der Waals surface area (Å²) in [5.74, 6) is -0.147. The maximum absolute atomic E-state index is 11.9. The highest BCUT2D eigenvalue weighted by Crippen LogP contribution is 2.14. The highest BCUT2D eigenvalue weighted by Gasteiger charge is 2.11. The zero-order valence-electron chi connectivity index (χ0n) is 9.74. The molecule has 0 saturated heterocycles. The van der Waals surface area contributed by atoms with Crippen molar-refractivity contribution in [2.45, 2.75) is 0 Å². The Morgan fingerprint density at radius 2 is 2.11 bits per heavy atom. The monoisotopic (exact) mass is 258 g/mol. The van der Waals surface area contributed by atoms with Crippen LogP contribution in [0, 0.1) is 10.1 Å². The number of benzene rings is 1. The molecule has 3 N–H and O–H groups in total. The van der Waals surface area contributed by atoms with E-state index in [4.69, 9.17) is 5.73 Å². The van der Waals surface area contributed by atoms with E-state index in [0.717, 1.165) is 0 Å². The van der Waals surface area contributed by atoms with Gasteiger partial charge < -0.3 is 11.1 Å². The summed E-state index contributed by atoms with van der Waals surface area (Å²) < 4.78 is 0. The van der Waals surface area contributed by atoms with Crippen molar-refractivity contribution in [3.63, 3.8) is 0 Å². The topological polar surface area (TPSA) is 111 Å². The smallest absolute Gasteiger partial charge is 0.270 e. The van der Waals surface area contributed by atoms with Crippen LogP contribution in [0.4, 0.5) is 17.2 Å². The molecule has 1 aromatic carbocycles. The first-order valence-electron chi connectivity index (χ1n) is 5.33. The summed E-state index contributed by atoms with van der Waals surface area (Å²) in [4.78, 5) is 25.8. The minimum absolute atomic E-state index is 0.141. The molecule has 0 saturated carbocycles. The Kier molecular flexibility index (Phi) is 3.37. The molecule has 0 bridgehead atoms. The Hall–Kier alpha value is -2.96. The highest BCUT2D eigenvalue weighted by molar-refractivity contribution is 6.04. The Morgan fingerprint density at radius 1 is 1.32 bits per heavy atom. The summed E-state index contributed by atoms with van der Waals surface area (Å²) in [6, 6.07) is 8.59. The highest BCUT2D eigenvalue weighted by atomic mass is 16.6. The molecule has 0 spiro atoms. The van der Waals surface area contributed by atoms with Gasteiger partial charge in [-0.05, 0) is 18.2 Å². The quantitative estimate of drug-likeness (QED) is 0.644. The summed E-state index contributed by atoms with van der Waals surface area (Å²) in [5, 5.41) is 13.1. The largest absolute Gasteiger partial charge is 0.397 e. The Bertz CT molecular complexity index is 625. The number of nitrogens with two attached hydrogens (primary N) is 1. The third kappa shape index (κ3) is 3.03. The van der Waals surface area contributed by atoms with Crippen LogP contribution in [0.2, 0.25) is 0 Å². The van der Waals surface area contributed by atoms with Crippen LogP contribution in [0.15, 0.2) is 42.6 Å². The summed E-state index contributed by atoms with van der Waals surface area (Å²) in [6.45, 7) is 0. The SMILES string of the molecule is Nc1ccc(NC(=O)c2cccc([N+](=O)[O-])c2)nc1. The van der Waals surface area contributed by atoms with E-state index in [1.165, 1.54) is 30.5 Å². The summed E-state index contributed by atoms with van der Waals surface area (Å²) in [7, 11) is 0. The van der Waals surface area contributed by atoms with E-state index in [1.54, 1.807) is 12.1 Å². The number of nitro groups is 1. The molecule has 1 amide bonds. The molecule has 0 fully saturated rings. The van der Waals surface area contributed by atoms with Crippen LogP contribution in [-0.4, -0.2) is 15.8 Å². The van der Waals surface area contributed by atoms with Crippen molar-refractivity contribution in [2.75, 3.05) is 11.1 Å². The van der Waals surface area contributed by atoms with Crippen LogP contribution in [0.25, 0.3) is 0 Å². The Balaban J connectivity index is 2.18. The van der Waals surface area contributed by atoms with E-state index in [-0.39, 0.29) is 11.3 Å². The predicted octanol–water partition coefficient (Wildman–Crippen LogP) is 1.82. The molecule has 7 nitrogen and oxygen atoms in total. The van der Waals surface area contributed by atoms with Crippen molar-refractivity contribution in [2.24, 2.45) is 0 Å². The number of non-ortho nitro benzene ring substituents is 1. The Labute approximate surface area is 108 Å². The lowest BCUT2D eigenvalue weighted by Crippen LogP contribution is -2.13. The molecular formula is C12H10N4O3. The minimum atomic E-state index is -0.557. The number of nitro benzene ring substituents is 1. The van der Waals surface area contributed by atoms with E-state index in [1.807, 2.05) is 0 Å². The van der Waals surface area contributed by atoms with Crippen LogP contribution in [0.3, 0.4) is 0 Å². The predicted molar refractivity (Wildman–Crippen MR) is 69.7 cm³/mol. The van der Waals surface area contributed by atoms with Gasteiger partial charge in [0, 0.05) is 17.7 Å². The van der Waals surface area contributed by atoms with Crippen molar-refractivity contribution < 1.29 is 9.72 Å². The lowest BCUT2D eigenvalue weighted by Gasteiger charge is -2.04. The zero-order valence-corrected chi connectivity index (χ0v) is 9.74. The number of nitrogens with one attached hydrogen (secondary N) is 1. The molecule has 2 rings (SSSR count). The number of hydrogen-bond acceptors (Lipinski definition) is 5. The van der Waals surface area contributed by atoms with Gasteiger partial charge in [-0.2, -0.15) is 0 Å². The number of carbonyl (C=O) groups excluding carboxylic acids is 1. The lowest BCUT2D eigenvalue weighted by molar-refractivity contribution is -0.384. The number of rotatable bonds is 3. The molecule has 0 aliphatic rings. The Morgan fingerprint density at radius 3 is 2.74 bits per heavy atom. The van der Waals surface area contributed by atoms with Gasteiger partial charge in [0.05, 0.1) is 16.8 Å². The average Bonchev–Trinajstić information content (AvgIpc) is 2.41. The van der Waals surface area contributed by atoms with Crippen molar-refractivity contribution in [3.05, 3.63) is 58.3 Å². The first-order chi connectivity index (χ1) is 9.06. The van der Waals surface area contributed by atoms with Crippen LogP contribution < -0.4 is 11.1 Å². The van der Waals surface area contributed by atoms with E-state index in [2.05, 4.69) is 10.3 Å². The second-order valence-corrected chi connectivity index (χ2v) is 3.74. The molecular weight excluding hydrogens is 248 g/mol. The third-order valence-corrected chi connectivity index (χ3v) is 2.35. The van der Waals surface area contributed by atoms with E-state index in [9.17, 15) is 14.9 Å². The number of nitrogens with zero attached hydrogens (tertiary/aromatic N) is 2. The summed E-state index contributed by atoms with van der Waals surface area (Å²) in [5.41, 5.74) is 6.00. The fourth-order valence-electron chi connectivity index (χ4n) is 1.43. The van der Waals surface area contributed by atoms with Crippen LogP contribution in [0.1, 0.15) is 10.4 Å². The number of pyridine rings is 1. The molecule has 0 radical (unpaired) electrons.